The van der Waals surface area contributed by atoms with E-state index in [0.717, 1.165) is 9.64 Å². The molecule has 0 aliphatic heterocycles. The van der Waals surface area contributed by atoms with Crippen molar-refractivity contribution in [2.24, 2.45) is 0 Å². The highest BCUT2D eigenvalue weighted by Crippen LogP contribution is 2.12. The van der Waals surface area contributed by atoms with Crippen molar-refractivity contribution in [3.05, 3.63) is 63.2 Å². The molecule has 2 amide bonds. The molecule has 104 valence electrons. The van der Waals surface area contributed by atoms with E-state index in [4.69, 9.17) is 0 Å². The highest BCUT2D eigenvalue weighted by atomic mass is 127. The van der Waals surface area contributed by atoms with Crippen LogP contribution in [0.25, 0.3) is 0 Å². The lowest BCUT2D eigenvalue weighted by Gasteiger charge is -2.08. The summed E-state index contributed by atoms with van der Waals surface area (Å²) in [6.07, 6.45) is 0. The molecule has 0 fully saturated rings. The highest BCUT2D eigenvalue weighted by molar-refractivity contribution is 14.1. The standard InChI is InChI=1S/C14H11F2IN2O/c15-10-4-9(5-11(16)6-10)8-18-14(20)19-13-3-1-2-12(17)7-13/h1-7H,8H2,(H2,18,19,20). The predicted octanol–water partition coefficient (Wildman–Crippen LogP) is 3.89. The van der Waals surface area contributed by atoms with Gasteiger partial charge in [-0.1, -0.05) is 6.07 Å². The van der Waals surface area contributed by atoms with Gasteiger partial charge in [0, 0.05) is 21.9 Å². The maximum atomic E-state index is 13.0. The highest BCUT2D eigenvalue weighted by Gasteiger charge is 2.04. The van der Waals surface area contributed by atoms with Crippen LogP contribution in [0, 0.1) is 15.2 Å². The summed E-state index contributed by atoms with van der Waals surface area (Å²) >= 11 is 2.14. The van der Waals surface area contributed by atoms with Gasteiger partial charge in [0.2, 0.25) is 0 Å². The van der Waals surface area contributed by atoms with E-state index >= 15 is 0 Å². The second-order valence-electron chi connectivity index (χ2n) is 4.10. The lowest BCUT2D eigenvalue weighted by Crippen LogP contribution is -2.28. The van der Waals surface area contributed by atoms with E-state index in [9.17, 15) is 13.6 Å². The van der Waals surface area contributed by atoms with E-state index in [1.165, 1.54) is 12.1 Å². The first-order valence-electron chi connectivity index (χ1n) is 5.78. The molecule has 3 nitrogen and oxygen atoms in total. The van der Waals surface area contributed by atoms with Crippen molar-refractivity contribution in [3.63, 3.8) is 0 Å². The Morgan fingerprint density at radius 3 is 2.45 bits per heavy atom. The van der Waals surface area contributed by atoms with Crippen molar-refractivity contribution in [1.29, 1.82) is 0 Å². The van der Waals surface area contributed by atoms with E-state index in [2.05, 4.69) is 33.2 Å². The first-order chi connectivity index (χ1) is 9.52. The second-order valence-corrected chi connectivity index (χ2v) is 5.34. The van der Waals surface area contributed by atoms with Gasteiger partial charge < -0.3 is 10.6 Å². The van der Waals surface area contributed by atoms with E-state index in [1.807, 2.05) is 18.2 Å². The molecule has 0 aromatic heterocycles. The Morgan fingerprint density at radius 2 is 1.80 bits per heavy atom. The molecular weight excluding hydrogens is 377 g/mol. The van der Waals surface area contributed by atoms with E-state index in [1.54, 1.807) is 6.07 Å². The second kappa shape index (κ2) is 6.65. The summed E-state index contributed by atoms with van der Waals surface area (Å²) in [5, 5.41) is 5.18. The summed E-state index contributed by atoms with van der Waals surface area (Å²) in [7, 11) is 0. The summed E-state index contributed by atoms with van der Waals surface area (Å²) in [6, 6.07) is 9.99. The van der Waals surface area contributed by atoms with E-state index in [-0.39, 0.29) is 6.54 Å². The maximum absolute atomic E-state index is 13.0. The topological polar surface area (TPSA) is 41.1 Å². The number of carbonyl (C=O) groups is 1. The van der Waals surface area contributed by atoms with Crippen molar-refractivity contribution < 1.29 is 13.6 Å². The number of carbonyl (C=O) groups excluding carboxylic acids is 1. The van der Waals surface area contributed by atoms with Gasteiger partial charge in [0.25, 0.3) is 0 Å². The summed E-state index contributed by atoms with van der Waals surface area (Å²) in [4.78, 5) is 11.7. The first kappa shape index (κ1) is 14.7. The molecule has 0 spiro atoms. The normalized spacial score (nSPS) is 10.2. The van der Waals surface area contributed by atoms with Crippen LogP contribution in [-0.4, -0.2) is 6.03 Å². The molecule has 0 radical (unpaired) electrons. The molecule has 0 aliphatic rings. The summed E-state index contributed by atoms with van der Waals surface area (Å²) < 4.78 is 26.9. The lowest BCUT2D eigenvalue weighted by atomic mass is 10.2. The maximum Gasteiger partial charge on any atom is 0.319 e. The Kier molecular flexibility index (Phi) is 4.89. The van der Waals surface area contributed by atoms with Crippen LogP contribution in [0.2, 0.25) is 0 Å². The third-order valence-electron chi connectivity index (χ3n) is 2.46. The number of benzene rings is 2. The van der Waals surface area contributed by atoms with Crippen molar-refractivity contribution in [1.82, 2.24) is 5.32 Å². The van der Waals surface area contributed by atoms with Gasteiger partial charge in [-0.15, -0.1) is 0 Å². The van der Waals surface area contributed by atoms with Crippen molar-refractivity contribution >= 4 is 34.3 Å². The molecule has 0 saturated carbocycles. The van der Waals surface area contributed by atoms with Crippen LogP contribution in [0.1, 0.15) is 5.56 Å². The molecule has 20 heavy (non-hydrogen) atoms. The summed E-state index contributed by atoms with van der Waals surface area (Å²) in [6.45, 7) is 0.0461. The van der Waals surface area contributed by atoms with Gasteiger partial charge in [0.15, 0.2) is 0 Å². The Morgan fingerprint density at radius 1 is 1.10 bits per heavy atom. The molecular formula is C14H11F2IN2O. The van der Waals surface area contributed by atoms with Crippen LogP contribution in [0.4, 0.5) is 19.3 Å². The molecule has 2 rings (SSSR count). The Bertz CT molecular complexity index is 614. The molecule has 0 aliphatic carbocycles. The third kappa shape index (κ3) is 4.44. The Balaban J connectivity index is 1.92. The zero-order valence-corrected chi connectivity index (χ0v) is 12.4. The number of hydrogen-bond acceptors (Lipinski definition) is 1. The van der Waals surface area contributed by atoms with Gasteiger partial charge in [0.05, 0.1) is 0 Å². The Labute approximate surface area is 128 Å². The number of rotatable bonds is 3. The largest absolute Gasteiger partial charge is 0.334 e. The fourth-order valence-electron chi connectivity index (χ4n) is 1.64. The number of halogens is 3. The molecule has 0 atom stereocenters. The number of nitrogens with one attached hydrogen (secondary N) is 2. The SMILES string of the molecule is O=C(NCc1cc(F)cc(F)c1)Nc1cccc(I)c1. The third-order valence-corrected chi connectivity index (χ3v) is 3.13. The molecule has 2 aromatic rings. The predicted molar refractivity (Wildman–Crippen MR) is 81.4 cm³/mol. The molecule has 2 aromatic carbocycles. The Hall–Kier alpha value is -1.70. The number of hydrogen-bond donors (Lipinski definition) is 2. The van der Waals surface area contributed by atoms with Crippen molar-refractivity contribution in [2.45, 2.75) is 6.54 Å². The van der Waals surface area contributed by atoms with Gasteiger partial charge in [-0.05, 0) is 58.5 Å². The number of amides is 2. The number of urea groups is 1. The minimum atomic E-state index is -0.667. The monoisotopic (exact) mass is 388 g/mol. The van der Waals surface area contributed by atoms with Crippen LogP contribution in [-0.2, 0) is 6.54 Å². The molecule has 0 bridgehead atoms. The van der Waals surface area contributed by atoms with Crippen LogP contribution in [0.3, 0.4) is 0 Å². The quantitative estimate of drug-likeness (QED) is 0.770. The lowest BCUT2D eigenvalue weighted by molar-refractivity contribution is 0.251. The summed E-state index contributed by atoms with van der Waals surface area (Å²) in [5.41, 5.74) is 1.01. The fourth-order valence-corrected chi connectivity index (χ4v) is 2.18. The fraction of sp³-hybridized carbons (Fsp3) is 0.0714. The first-order valence-corrected chi connectivity index (χ1v) is 6.86. The van der Waals surface area contributed by atoms with Gasteiger partial charge in [0.1, 0.15) is 11.6 Å². The minimum absolute atomic E-state index is 0.0461. The average Bonchev–Trinajstić information content (AvgIpc) is 2.35. The van der Waals surface area contributed by atoms with Gasteiger partial charge in [-0.25, -0.2) is 13.6 Å². The zero-order chi connectivity index (χ0) is 14.5. The molecule has 6 heteroatoms. The van der Waals surface area contributed by atoms with E-state index < -0.39 is 17.7 Å². The van der Waals surface area contributed by atoms with Crippen LogP contribution < -0.4 is 10.6 Å². The zero-order valence-electron chi connectivity index (χ0n) is 10.3. The molecule has 0 saturated heterocycles. The van der Waals surface area contributed by atoms with Gasteiger partial charge >= 0.3 is 6.03 Å². The number of anilines is 1. The minimum Gasteiger partial charge on any atom is -0.334 e. The van der Waals surface area contributed by atoms with E-state index in [0.29, 0.717) is 11.3 Å². The van der Waals surface area contributed by atoms with Crippen LogP contribution in [0.15, 0.2) is 42.5 Å². The smallest absolute Gasteiger partial charge is 0.319 e. The van der Waals surface area contributed by atoms with Gasteiger partial charge in [-0.2, -0.15) is 0 Å². The van der Waals surface area contributed by atoms with Crippen molar-refractivity contribution in [2.75, 3.05) is 5.32 Å². The van der Waals surface area contributed by atoms with Crippen LogP contribution in [0.5, 0.6) is 0 Å². The molecule has 0 unspecified atom stereocenters. The summed E-state index contributed by atoms with van der Waals surface area (Å²) in [5.74, 6) is -1.33. The van der Waals surface area contributed by atoms with Gasteiger partial charge in [-0.3, -0.25) is 0 Å². The molecule has 0 heterocycles. The average molecular weight is 388 g/mol. The van der Waals surface area contributed by atoms with Crippen LogP contribution >= 0.6 is 22.6 Å². The van der Waals surface area contributed by atoms with Crippen molar-refractivity contribution in [3.8, 4) is 0 Å². The molecule has 2 N–H and O–H groups in total.